The standard InChI is InChI=1S/C15H32N4O3S2/c1-14(2)22-11-13-24(20,21)19-9-7-18(8-10-19)15(16-3)17-6-5-12-23-4/h14H,5-13H2,1-4H3,(H,16,17). The van der Waals surface area contributed by atoms with E-state index in [1.807, 2.05) is 25.6 Å². The van der Waals surface area contributed by atoms with Crippen LogP contribution < -0.4 is 5.32 Å². The van der Waals surface area contributed by atoms with Gasteiger partial charge in [-0.25, -0.2) is 8.42 Å². The Bertz CT molecular complexity index is 475. The van der Waals surface area contributed by atoms with Crippen LogP contribution in [0.2, 0.25) is 0 Å². The zero-order valence-corrected chi connectivity index (χ0v) is 17.0. The molecule has 0 aromatic carbocycles. The second-order valence-electron chi connectivity index (χ2n) is 5.94. The van der Waals surface area contributed by atoms with E-state index < -0.39 is 10.0 Å². The number of sulfonamides is 1. The molecule has 7 nitrogen and oxygen atoms in total. The van der Waals surface area contributed by atoms with Crippen LogP contribution in [0.25, 0.3) is 0 Å². The summed E-state index contributed by atoms with van der Waals surface area (Å²) in [5, 5.41) is 3.35. The number of ether oxygens (including phenoxy) is 1. The molecular weight excluding hydrogens is 348 g/mol. The van der Waals surface area contributed by atoms with Crippen LogP contribution in [0.1, 0.15) is 20.3 Å². The van der Waals surface area contributed by atoms with Crippen molar-refractivity contribution in [1.82, 2.24) is 14.5 Å². The highest BCUT2D eigenvalue weighted by Gasteiger charge is 2.27. The van der Waals surface area contributed by atoms with Gasteiger partial charge in [0.15, 0.2) is 5.96 Å². The van der Waals surface area contributed by atoms with Gasteiger partial charge < -0.3 is 15.0 Å². The number of thioether (sulfide) groups is 1. The number of aliphatic imine (C=N–C) groups is 1. The quantitative estimate of drug-likeness (QED) is 0.360. The number of guanidine groups is 1. The number of hydrogen-bond donors (Lipinski definition) is 1. The number of rotatable bonds is 9. The Morgan fingerprint density at radius 3 is 2.50 bits per heavy atom. The molecule has 0 bridgehead atoms. The summed E-state index contributed by atoms with van der Waals surface area (Å²) in [6, 6.07) is 0. The molecule has 9 heteroatoms. The van der Waals surface area contributed by atoms with Gasteiger partial charge in [0.1, 0.15) is 0 Å². The fourth-order valence-electron chi connectivity index (χ4n) is 2.45. The highest BCUT2D eigenvalue weighted by molar-refractivity contribution is 7.98. The van der Waals surface area contributed by atoms with Gasteiger partial charge in [-0.2, -0.15) is 16.1 Å². The predicted molar refractivity (Wildman–Crippen MR) is 102 cm³/mol. The molecule has 1 rings (SSSR count). The zero-order valence-electron chi connectivity index (χ0n) is 15.3. The fourth-order valence-corrected chi connectivity index (χ4v) is 4.16. The minimum absolute atomic E-state index is 0.0485. The number of piperazine rings is 1. The van der Waals surface area contributed by atoms with E-state index in [0.717, 1.165) is 24.7 Å². The third kappa shape index (κ3) is 7.58. The molecule has 1 heterocycles. The summed E-state index contributed by atoms with van der Waals surface area (Å²) in [6.07, 6.45) is 3.24. The third-order valence-electron chi connectivity index (χ3n) is 3.74. The summed E-state index contributed by atoms with van der Waals surface area (Å²) in [6.45, 7) is 7.26. The average molecular weight is 381 g/mol. The van der Waals surface area contributed by atoms with Crippen molar-refractivity contribution in [1.29, 1.82) is 0 Å². The Morgan fingerprint density at radius 1 is 1.29 bits per heavy atom. The van der Waals surface area contributed by atoms with E-state index in [9.17, 15) is 8.42 Å². The zero-order chi connectivity index (χ0) is 18.0. The highest BCUT2D eigenvalue weighted by atomic mass is 32.2. The van der Waals surface area contributed by atoms with E-state index in [1.54, 1.807) is 11.4 Å². The van der Waals surface area contributed by atoms with Crippen LogP contribution in [0.5, 0.6) is 0 Å². The topological polar surface area (TPSA) is 74.2 Å². The van der Waals surface area contributed by atoms with Crippen LogP contribution in [0.3, 0.4) is 0 Å². The van der Waals surface area contributed by atoms with E-state index in [2.05, 4.69) is 21.5 Å². The molecule has 0 aromatic heterocycles. The Hall–Kier alpha value is -0.510. The smallest absolute Gasteiger partial charge is 0.216 e. The second-order valence-corrected chi connectivity index (χ2v) is 9.02. The Kier molecular flexibility index (Phi) is 10.0. The van der Waals surface area contributed by atoms with Gasteiger partial charge in [-0.3, -0.25) is 4.99 Å². The van der Waals surface area contributed by atoms with Gasteiger partial charge in [0.25, 0.3) is 0 Å². The first-order valence-electron chi connectivity index (χ1n) is 8.44. The summed E-state index contributed by atoms with van der Waals surface area (Å²) < 4.78 is 31.6. The van der Waals surface area contributed by atoms with Crippen molar-refractivity contribution in [2.45, 2.75) is 26.4 Å². The number of nitrogens with one attached hydrogen (secondary N) is 1. The predicted octanol–water partition coefficient (Wildman–Crippen LogP) is 0.687. The lowest BCUT2D eigenvalue weighted by Gasteiger charge is -2.35. The summed E-state index contributed by atoms with van der Waals surface area (Å²) in [5.74, 6) is 2.03. The van der Waals surface area contributed by atoms with Crippen molar-refractivity contribution in [2.75, 3.05) is 64.1 Å². The molecule has 0 amide bonds. The molecule has 0 aromatic rings. The van der Waals surface area contributed by atoms with Gasteiger partial charge in [0, 0.05) is 39.8 Å². The van der Waals surface area contributed by atoms with Crippen LogP contribution in [-0.4, -0.2) is 93.8 Å². The van der Waals surface area contributed by atoms with Gasteiger partial charge in [0.05, 0.1) is 18.5 Å². The van der Waals surface area contributed by atoms with Gasteiger partial charge in [-0.05, 0) is 32.3 Å². The lowest BCUT2D eigenvalue weighted by atomic mass is 10.4. The van der Waals surface area contributed by atoms with Crippen molar-refractivity contribution in [3.8, 4) is 0 Å². The average Bonchev–Trinajstić information content (AvgIpc) is 2.55. The molecule has 0 unspecified atom stereocenters. The van der Waals surface area contributed by atoms with E-state index >= 15 is 0 Å². The molecule has 142 valence electrons. The summed E-state index contributed by atoms with van der Waals surface area (Å²) in [4.78, 5) is 6.42. The van der Waals surface area contributed by atoms with E-state index in [1.165, 1.54) is 0 Å². The summed E-state index contributed by atoms with van der Waals surface area (Å²) in [5.41, 5.74) is 0. The van der Waals surface area contributed by atoms with Gasteiger partial charge in [-0.1, -0.05) is 0 Å². The molecule has 0 saturated carbocycles. The number of hydrogen-bond acceptors (Lipinski definition) is 5. The number of nitrogens with zero attached hydrogens (tertiary/aromatic N) is 3. The maximum Gasteiger partial charge on any atom is 0.216 e. The van der Waals surface area contributed by atoms with Gasteiger partial charge in [0.2, 0.25) is 10.0 Å². The fraction of sp³-hybridized carbons (Fsp3) is 0.933. The van der Waals surface area contributed by atoms with Gasteiger partial charge >= 0.3 is 0 Å². The van der Waals surface area contributed by atoms with E-state index in [4.69, 9.17) is 4.74 Å². The lowest BCUT2D eigenvalue weighted by Crippen LogP contribution is -2.54. The first kappa shape index (κ1) is 21.5. The maximum atomic E-state index is 12.3. The van der Waals surface area contributed by atoms with Crippen molar-refractivity contribution >= 4 is 27.7 Å². The molecule has 0 spiro atoms. The second kappa shape index (κ2) is 11.2. The summed E-state index contributed by atoms with van der Waals surface area (Å²) in [7, 11) is -1.47. The molecule has 1 fully saturated rings. The van der Waals surface area contributed by atoms with Crippen molar-refractivity contribution < 1.29 is 13.2 Å². The maximum absolute atomic E-state index is 12.3. The SMILES string of the molecule is CN=C(NCCCSC)N1CCN(S(=O)(=O)CCOC(C)C)CC1. The first-order valence-corrected chi connectivity index (χ1v) is 11.4. The molecule has 24 heavy (non-hydrogen) atoms. The summed E-state index contributed by atoms with van der Waals surface area (Å²) >= 11 is 1.83. The van der Waals surface area contributed by atoms with E-state index in [-0.39, 0.29) is 18.5 Å². The minimum Gasteiger partial charge on any atom is -0.378 e. The van der Waals surface area contributed by atoms with Gasteiger partial charge in [-0.15, -0.1) is 0 Å². The Morgan fingerprint density at radius 2 is 1.96 bits per heavy atom. The van der Waals surface area contributed by atoms with Crippen LogP contribution in [0.15, 0.2) is 4.99 Å². The molecular formula is C15H32N4O3S2. The van der Waals surface area contributed by atoms with Crippen LogP contribution in [0, 0.1) is 0 Å². The minimum atomic E-state index is -3.24. The lowest BCUT2D eigenvalue weighted by molar-refractivity contribution is 0.0904. The van der Waals surface area contributed by atoms with Crippen molar-refractivity contribution in [3.05, 3.63) is 0 Å². The molecule has 1 N–H and O–H groups in total. The van der Waals surface area contributed by atoms with Crippen LogP contribution in [-0.2, 0) is 14.8 Å². The van der Waals surface area contributed by atoms with E-state index in [0.29, 0.717) is 26.2 Å². The monoisotopic (exact) mass is 380 g/mol. The van der Waals surface area contributed by atoms with Crippen LogP contribution in [0.4, 0.5) is 0 Å². The third-order valence-corrected chi connectivity index (χ3v) is 6.28. The van der Waals surface area contributed by atoms with Crippen molar-refractivity contribution in [2.24, 2.45) is 4.99 Å². The largest absolute Gasteiger partial charge is 0.378 e. The Labute approximate surface area is 151 Å². The molecule has 0 radical (unpaired) electrons. The molecule has 0 atom stereocenters. The normalized spacial score (nSPS) is 17.5. The highest BCUT2D eigenvalue weighted by Crippen LogP contribution is 2.09. The first-order chi connectivity index (χ1) is 11.4. The van der Waals surface area contributed by atoms with Crippen LogP contribution >= 0.6 is 11.8 Å². The molecule has 0 aliphatic carbocycles. The Balaban J connectivity index is 2.41. The van der Waals surface area contributed by atoms with Crippen molar-refractivity contribution in [3.63, 3.8) is 0 Å². The molecule has 1 aliphatic rings. The molecule has 1 aliphatic heterocycles. The molecule has 1 saturated heterocycles.